The molecule has 2 heterocycles. The van der Waals surface area contributed by atoms with E-state index in [-0.39, 0.29) is 57.2 Å². The smallest absolute Gasteiger partial charge is 0.373 e. The number of carbonyl (C=O) groups is 3. The van der Waals surface area contributed by atoms with Crippen molar-refractivity contribution < 1.29 is 43.3 Å². The number of hydrogen-bond acceptors (Lipinski definition) is 9. The number of carboxylic acid groups (broad SMARTS) is 1. The topological polar surface area (TPSA) is 189 Å². The first-order valence-electron chi connectivity index (χ1n) is 21.0. The van der Waals surface area contributed by atoms with Gasteiger partial charge in [0.1, 0.15) is 28.6 Å². The average molecular weight is 926 g/mol. The number of fused-ring (bicyclic) bond motifs is 4. The fraction of sp³-hybridized carbons (Fsp3) is 0.173. The van der Waals surface area contributed by atoms with Crippen molar-refractivity contribution >= 4 is 69.8 Å². The SMILES string of the molecule is CC/C=c1/cc2c(cc1C)=C(c1c(Cl)cc(C(=O)NCCNC(=O)c3ccc(-c4c5ccc(=O)cc-5oc5cc(O)ccc45)cc3)c(Cl)c1C(=O)O)c1cc(C)c(CCC)cc1O2.O=C=O. The second-order valence-electron chi connectivity index (χ2n) is 15.6. The van der Waals surface area contributed by atoms with Crippen LogP contribution in [0.3, 0.4) is 0 Å². The van der Waals surface area contributed by atoms with E-state index in [4.69, 9.17) is 41.9 Å². The quantitative estimate of drug-likeness (QED) is 0.0720. The van der Waals surface area contributed by atoms with Crippen molar-refractivity contribution in [3.8, 4) is 39.7 Å². The predicted octanol–water partition coefficient (Wildman–Crippen LogP) is 8.96. The van der Waals surface area contributed by atoms with Gasteiger partial charge in [-0.25, -0.2) is 4.79 Å². The molecule has 5 aromatic rings. The van der Waals surface area contributed by atoms with Crippen LogP contribution in [0.1, 0.15) is 85.6 Å². The summed E-state index contributed by atoms with van der Waals surface area (Å²) in [6.07, 6.45) is 4.93. The Bertz CT molecular complexity index is 3300. The van der Waals surface area contributed by atoms with Crippen LogP contribution in [0.2, 0.25) is 10.0 Å². The van der Waals surface area contributed by atoms with Gasteiger partial charge in [0.25, 0.3) is 11.8 Å². The lowest BCUT2D eigenvalue weighted by atomic mass is 9.86. The third-order valence-electron chi connectivity index (χ3n) is 11.2. The normalized spacial score (nSPS) is 11.8. The number of ether oxygens (including phenoxy) is 1. The molecule has 4 N–H and O–H groups in total. The van der Waals surface area contributed by atoms with Crippen LogP contribution in [0.15, 0.2) is 100 Å². The summed E-state index contributed by atoms with van der Waals surface area (Å²) in [6, 6.07) is 25.4. The van der Waals surface area contributed by atoms with Gasteiger partial charge in [0.15, 0.2) is 5.43 Å². The molecule has 0 atom stereocenters. The summed E-state index contributed by atoms with van der Waals surface area (Å²) >= 11 is 13.9. The molecule has 5 aromatic carbocycles. The molecule has 0 aromatic heterocycles. The number of carboxylic acids is 1. The summed E-state index contributed by atoms with van der Waals surface area (Å²) in [4.78, 5) is 68.4. The second-order valence-corrected chi connectivity index (χ2v) is 16.4. The molecular formula is C52H42Cl2N2O10. The van der Waals surface area contributed by atoms with Gasteiger partial charge in [-0.3, -0.25) is 14.4 Å². The van der Waals surface area contributed by atoms with Gasteiger partial charge in [-0.15, -0.1) is 0 Å². The van der Waals surface area contributed by atoms with Gasteiger partial charge in [-0.1, -0.05) is 61.7 Å². The molecule has 14 heteroatoms. The van der Waals surface area contributed by atoms with E-state index in [9.17, 15) is 29.4 Å². The molecule has 0 unspecified atom stereocenters. The Morgan fingerprint density at radius 2 is 1.50 bits per heavy atom. The molecule has 1 aliphatic carbocycles. The van der Waals surface area contributed by atoms with Crippen molar-refractivity contribution in [3.63, 3.8) is 0 Å². The molecule has 12 nitrogen and oxygen atoms in total. The van der Waals surface area contributed by atoms with E-state index >= 15 is 0 Å². The van der Waals surface area contributed by atoms with Crippen LogP contribution in [-0.2, 0) is 16.0 Å². The van der Waals surface area contributed by atoms with Gasteiger partial charge < -0.3 is 30.0 Å². The van der Waals surface area contributed by atoms with Crippen molar-refractivity contribution in [3.05, 3.63) is 166 Å². The molecule has 8 rings (SSSR count). The van der Waals surface area contributed by atoms with E-state index < -0.39 is 17.8 Å². The van der Waals surface area contributed by atoms with Crippen molar-refractivity contribution in [2.75, 3.05) is 13.1 Å². The Morgan fingerprint density at radius 3 is 2.18 bits per heavy atom. The number of phenols is 1. The number of nitrogens with one attached hydrogen (secondary N) is 2. The van der Waals surface area contributed by atoms with Gasteiger partial charge in [0.2, 0.25) is 0 Å². The Labute approximate surface area is 388 Å². The molecule has 0 saturated carbocycles. The van der Waals surface area contributed by atoms with Gasteiger partial charge in [0.05, 0.1) is 21.2 Å². The zero-order chi connectivity index (χ0) is 47.4. The van der Waals surface area contributed by atoms with Crippen LogP contribution in [-0.4, -0.2) is 47.2 Å². The second kappa shape index (κ2) is 19.7. The molecule has 0 radical (unpaired) electrons. The lowest BCUT2D eigenvalue weighted by Crippen LogP contribution is -2.35. The fourth-order valence-corrected chi connectivity index (χ4v) is 8.86. The van der Waals surface area contributed by atoms with E-state index in [0.29, 0.717) is 55.7 Å². The average Bonchev–Trinajstić information content (AvgIpc) is 3.28. The number of halogens is 2. The third-order valence-corrected chi connectivity index (χ3v) is 11.9. The monoisotopic (exact) mass is 924 g/mol. The van der Waals surface area contributed by atoms with E-state index in [1.807, 2.05) is 38.1 Å². The highest BCUT2D eigenvalue weighted by atomic mass is 35.5. The number of rotatable bonds is 11. The Kier molecular flexibility index (Phi) is 13.9. The highest BCUT2D eigenvalue weighted by molar-refractivity contribution is 6.40. The number of aromatic hydroxyl groups is 1. The number of phenolic OH excluding ortho intramolecular Hbond substituents is 1. The third kappa shape index (κ3) is 9.21. The van der Waals surface area contributed by atoms with Crippen LogP contribution >= 0.6 is 23.2 Å². The standard InChI is InChI=1S/C51H42Cl2N2O8.CO2/c1-5-7-30-21-40-36(19-26(30)3)45(37-20-27(4)31(8-6-2)22-41(37)62-40)46-39(52)25-38(48(53)47(46)51(60)61)50(59)55-18-17-54-49(58)29-11-9-28(10-12-29)44-34-15-13-32(56)23-42(34)63-43-24-33(57)14-16-35(43)44;2-1-3/h7,9-16,19-25,56H,5-6,8,17-18H2,1-4H3,(H,54,58)(H,55,59)(H,60,61);/b30-7-;. The lowest BCUT2D eigenvalue weighted by molar-refractivity contribution is -0.191. The van der Waals surface area contributed by atoms with Gasteiger partial charge in [-0.2, -0.15) is 9.59 Å². The minimum atomic E-state index is -1.36. The molecule has 66 heavy (non-hydrogen) atoms. The fourth-order valence-electron chi connectivity index (χ4n) is 8.25. The summed E-state index contributed by atoms with van der Waals surface area (Å²) in [5.74, 6) is -0.937. The summed E-state index contributed by atoms with van der Waals surface area (Å²) in [6.45, 7) is 8.18. The molecule has 0 fully saturated rings. The largest absolute Gasteiger partial charge is 0.508 e. The number of aryl methyl sites for hydroxylation is 3. The Morgan fingerprint density at radius 1 is 0.788 bits per heavy atom. The number of carbonyl (C=O) groups excluding carboxylic acids is 4. The van der Waals surface area contributed by atoms with E-state index in [2.05, 4.69) is 30.6 Å². The van der Waals surface area contributed by atoms with Crippen LogP contribution in [0.25, 0.3) is 45.1 Å². The maximum absolute atomic E-state index is 13.6. The van der Waals surface area contributed by atoms with Crippen molar-refractivity contribution in [1.29, 1.82) is 0 Å². The van der Waals surface area contributed by atoms with Crippen LogP contribution in [0.5, 0.6) is 17.2 Å². The molecular weight excluding hydrogens is 883 g/mol. The molecule has 0 bridgehead atoms. The van der Waals surface area contributed by atoms with Crippen LogP contribution in [0, 0.1) is 13.8 Å². The van der Waals surface area contributed by atoms with E-state index in [1.54, 1.807) is 42.5 Å². The highest BCUT2D eigenvalue weighted by Crippen LogP contribution is 2.44. The minimum Gasteiger partial charge on any atom is -0.508 e. The first kappa shape index (κ1) is 46.5. The van der Waals surface area contributed by atoms with E-state index in [0.717, 1.165) is 52.3 Å². The zero-order valence-electron chi connectivity index (χ0n) is 36.2. The zero-order valence-corrected chi connectivity index (χ0v) is 37.7. The minimum absolute atomic E-state index is 0.00791. The van der Waals surface area contributed by atoms with Crippen molar-refractivity contribution in [1.82, 2.24) is 10.6 Å². The lowest BCUT2D eigenvalue weighted by Gasteiger charge is -2.25. The molecule has 2 amide bonds. The summed E-state index contributed by atoms with van der Waals surface area (Å²) < 4.78 is 12.5. The maximum atomic E-state index is 13.6. The molecule has 0 saturated heterocycles. The van der Waals surface area contributed by atoms with Crippen LogP contribution in [0.4, 0.5) is 0 Å². The molecule has 0 spiro atoms. The van der Waals surface area contributed by atoms with Gasteiger partial charge >= 0.3 is 12.1 Å². The van der Waals surface area contributed by atoms with E-state index in [1.165, 1.54) is 24.3 Å². The van der Waals surface area contributed by atoms with Crippen molar-refractivity contribution in [2.45, 2.75) is 47.0 Å². The molecule has 2 aliphatic heterocycles. The number of aromatic carboxylic acids is 1. The summed E-state index contributed by atoms with van der Waals surface area (Å²) in [7, 11) is 0. The first-order valence-corrected chi connectivity index (χ1v) is 21.7. The Hall–Kier alpha value is -7.50. The van der Waals surface area contributed by atoms with Gasteiger partial charge in [-0.05, 0) is 121 Å². The van der Waals surface area contributed by atoms with Crippen LogP contribution < -0.4 is 31.2 Å². The molecule has 334 valence electrons. The summed E-state index contributed by atoms with van der Waals surface area (Å²) in [5.41, 5.74) is 6.75. The molecule has 3 aliphatic rings. The number of benzene rings is 6. The summed E-state index contributed by atoms with van der Waals surface area (Å²) in [5, 5.41) is 28.4. The highest BCUT2D eigenvalue weighted by Gasteiger charge is 2.31. The maximum Gasteiger partial charge on any atom is 0.373 e. The van der Waals surface area contributed by atoms with Crippen molar-refractivity contribution in [2.24, 2.45) is 0 Å². The van der Waals surface area contributed by atoms with Gasteiger partial charge in [0, 0.05) is 69.2 Å². The number of hydrogen-bond donors (Lipinski definition) is 4. The predicted molar refractivity (Wildman–Crippen MR) is 251 cm³/mol. The first-order chi connectivity index (χ1) is 31.7. The Balaban J connectivity index is 0.00000210. The number of amides is 2.